The van der Waals surface area contributed by atoms with Crippen LogP contribution in [0.25, 0.3) is 0 Å². The third-order valence-corrected chi connectivity index (χ3v) is 1.47. The molecule has 1 rings (SSSR count). The van der Waals surface area contributed by atoms with Gasteiger partial charge in [0.1, 0.15) is 10.8 Å². The number of amides is 1. The van der Waals surface area contributed by atoms with E-state index in [0.717, 1.165) is 0 Å². The summed E-state index contributed by atoms with van der Waals surface area (Å²) < 4.78 is 0. The average Bonchev–Trinajstić information content (AvgIpc) is 2.04. The predicted molar refractivity (Wildman–Crippen MR) is 49.6 cm³/mol. The summed E-state index contributed by atoms with van der Waals surface area (Å²) in [6.07, 6.45) is 2.69. The van der Waals surface area contributed by atoms with Gasteiger partial charge in [-0.3, -0.25) is 4.79 Å². The lowest BCUT2D eigenvalue weighted by atomic mass is 10.3. The highest BCUT2D eigenvalue weighted by Crippen LogP contribution is 2.01. The Hall–Kier alpha value is -1.16. The second kappa shape index (κ2) is 4.18. The van der Waals surface area contributed by atoms with Gasteiger partial charge >= 0.3 is 0 Å². The third-order valence-electron chi connectivity index (χ3n) is 1.27. The summed E-state index contributed by atoms with van der Waals surface area (Å²) in [5.41, 5.74) is 0.276. The molecule has 0 radical (unpaired) electrons. The SMILES string of the molecule is CC(C)NC(=O)c1cnc(Cl)cn1. The molecule has 0 unspecified atom stereocenters. The van der Waals surface area contributed by atoms with E-state index in [1.54, 1.807) is 0 Å². The highest BCUT2D eigenvalue weighted by molar-refractivity contribution is 6.29. The zero-order valence-electron chi connectivity index (χ0n) is 7.41. The van der Waals surface area contributed by atoms with Gasteiger partial charge in [0, 0.05) is 6.04 Å². The number of nitrogens with one attached hydrogen (secondary N) is 1. The molecule has 70 valence electrons. The van der Waals surface area contributed by atoms with Crippen molar-refractivity contribution in [1.29, 1.82) is 0 Å². The molecule has 0 fully saturated rings. The first kappa shape index (κ1) is 9.92. The molecule has 0 aliphatic rings. The molecule has 1 amide bonds. The van der Waals surface area contributed by atoms with Gasteiger partial charge in [-0.05, 0) is 13.8 Å². The number of carbonyl (C=O) groups excluding carboxylic acids is 1. The second-order valence-electron chi connectivity index (χ2n) is 2.85. The molecule has 0 bridgehead atoms. The zero-order valence-corrected chi connectivity index (χ0v) is 8.17. The monoisotopic (exact) mass is 199 g/mol. The van der Waals surface area contributed by atoms with Crippen molar-refractivity contribution in [3.63, 3.8) is 0 Å². The quantitative estimate of drug-likeness (QED) is 0.781. The Labute approximate surface area is 81.3 Å². The van der Waals surface area contributed by atoms with E-state index in [1.807, 2.05) is 13.8 Å². The van der Waals surface area contributed by atoms with Gasteiger partial charge in [0.2, 0.25) is 0 Å². The Morgan fingerprint density at radius 2 is 2.15 bits per heavy atom. The largest absolute Gasteiger partial charge is 0.348 e. The number of aromatic nitrogens is 2. The summed E-state index contributed by atoms with van der Waals surface area (Å²) in [5, 5.41) is 2.97. The van der Waals surface area contributed by atoms with E-state index < -0.39 is 0 Å². The van der Waals surface area contributed by atoms with Gasteiger partial charge in [0.05, 0.1) is 12.4 Å². The van der Waals surface area contributed by atoms with E-state index in [1.165, 1.54) is 12.4 Å². The lowest BCUT2D eigenvalue weighted by Crippen LogP contribution is -2.30. The van der Waals surface area contributed by atoms with Crippen LogP contribution in [0.2, 0.25) is 5.15 Å². The van der Waals surface area contributed by atoms with E-state index in [-0.39, 0.29) is 22.8 Å². The molecular weight excluding hydrogens is 190 g/mol. The molecule has 0 saturated carbocycles. The van der Waals surface area contributed by atoms with Gasteiger partial charge < -0.3 is 5.32 Å². The van der Waals surface area contributed by atoms with Crippen molar-refractivity contribution in [3.8, 4) is 0 Å². The molecule has 0 atom stereocenters. The summed E-state index contributed by atoms with van der Waals surface area (Å²) in [7, 11) is 0. The van der Waals surface area contributed by atoms with Crippen molar-refractivity contribution < 1.29 is 4.79 Å². The lowest BCUT2D eigenvalue weighted by molar-refractivity contribution is 0.0937. The van der Waals surface area contributed by atoms with Crippen LogP contribution < -0.4 is 5.32 Å². The van der Waals surface area contributed by atoms with Gasteiger partial charge in [0.25, 0.3) is 5.91 Å². The standard InChI is InChI=1S/C8H10ClN3O/c1-5(2)12-8(13)6-3-11-7(9)4-10-6/h3-5H,1-2H3,(H,12,13). The Kier molecular flexibility index (Phi) is 3.19. The smallest absolute Gasteiger partial charge is 0.271 e. The van der Waals surface area contributed by atoms with Crippen molar-refractivity contribution >= 4 is 17.5 Å². The van der Waals surface area contributed by atoms with Crippen LogP contribution in [-0.4, -0.2) is 21.9 Å². The van der Waals surface area contributed by atoms with Crippen LogP contribution in [0, 0.1) is 0 Å². The summed E-state index contributed by atoms with van der Waals surface area (Å²) in [5.74, 6) is -0.237. The molecule has 0 aliphatic carbocycles. The first-order valence-corrected chi connectivity index (χ1v) is 4.26. The van der Waals surface area contributed by atoms with Crippen LogP contribution in [0.5, 0.6) is 0 Å². The molecule has 0 aliphatic heterocycles. The molecule has 0 aromatic carbocycles. The van der Waals surface area contributed by atoms with Crippen molar-refractivity contribution in [2.75, 3.05) is 0 Å². The molecule has 5 heteroatoms. The fourth-order valence-corrected chi connectivity index (χ4v) is 0.863. The number of halogens is 1. The Morgan fingerprint density at radius 1 is 1.46 bits per heavy atom. The van der Waals surface area contributed by atoms with Crippen LogP contribution >= 0.6 is 11.6 Å². The molecule has 0 spiro atoms. The fraction of sp³-hybridized carbons (Fsp3) is 0.375. The summed E-state index contributed by atoms with van der Waals surface area (Å²) in [6.45, 7) is 3.75. The summed E-state index contributed by atoms with van der Waals surface area (Å²) in [6, 6.07) is 0.0879. The highest BCUT2D eigenvalue weighted by Gasteiger charge is 2.07. The Morgan fingerprint density at radius 3 is 2.62 bits per heavy atom. The average molecular weight is 200 g/mol. The Balaban J connectivity index is 2.72. The maximum Gasteiger partial charge on any atom is 0.271 e. The molecule has 4 nitrogen and oxygen atoms in total. The molecule has 1 heterocycles. The van der Waals surface area contributed by atoms with Crippen LogP contribution in [0.3, 0.4) is 0 Å². The summed E-state index contributed by atoms with van der Waals surface area (Å²) >= 11 is 5.52. The van der Waals surface area contributed by atoms with E-state index in [9.17, 15) is 4.79 Å². The molecular formula is C8H10ClN3O. The van der Waals surface area contributed by atoms with Gasteiger partial charge in [-0.25, -0.2) is 9.97 Å². The van der Waals surface area contributed by atoms with Gasteiger partial charge in [-0.1, -0.05) is 11.6 Å². The van der Waals surface area contributed by atoms with Gasteiger partial charge in [-0.2, -0.15) is 0 Å². The van der Waals surface area contributed by atoms with Crippen LogP contribution in [0.1, 0.15) is 24.3 Å². The maximum absolute atomic E-state index is 11.3. The molecule has 0 saturated heterocycles. The highest BCUT2D eigenvalue weighted by atomic mass is 35.5. The third kappa shape index (κ3) is 2.99. The van der Waals surface area contributed by atoms with Crippen molar-refractivity contribution in [2.45, 2.75) is 19.9 Å². The van der Waals surface area contributed by atoms with Gasteiger partial charge in [0.15, 0.2) is 0 Å². The fourth-order valence-electron chi connectivity index (χ4n) is 0.766. The molecule has 1 N–H and O–H groups in total. The predicted octanol–water partition coefficient (Wildman–Crippen LogP) is 1.27. The van der Waals surface area contributed by atoms with E-state index >= 15 is 0 Å². The van der Waals surface area contributed by atoms with Crippen molar-refractivity contribution in [2.24, 2.45) is 0 Å². The molecule has 1 aromatic rings. The van der Waals surface area contributed by atoms with Crippen LogP contribution in [0.4, 0.5) is 0 Å². The topological polar surface area (TPSA) is 54.9 Å². The van der Waals surface area contributed by atoms with E-state index in [0.29, 0.717) is 0 Å². The number of carbonyl (C=O) groups is 1. The zero-order chi connectivity index (χ0) is 9.84. The minimum Gasteiger partial charge on any atom is -0.348 e. The van der Waals surface area contributed by atoms with E-state index in [2.05, 4.69) is 15.3 Å². The van der Waals surface area contributed by atoms with E-state index in [4.69, 9.17) is 11.6 Å². The first-order valence-electron chi connectivity index (χ1n) is 3.88. The number of hydrogen-bond donors (Lipinski definition) is 1. The normalized spacial score (nSPS) is 10.2. The number of rotatable bonds is 2. The van der Waals surface area contributed by atoms with Gasteiger partial charge in [-0.15, -0.1) is 0 Å². The first-order chi connectivity index (χ1) is 6.09. The minimum atomic E-state index is -0.237. The second-order valence-corrected chi connectivity index (χ2v) is 3.24. The summed E-state index contributed by atoms with van der Waals surface area (Å²) in [4.78, 5) is 18.9. The number of nitrogens with zero attached hydrogens (tertiary/aromatic N) is 2. The van der Waals surface area contributed by atoms with Crippen molar-refractivity contribution in [3.05, 3.63) is 23.2 Å². The number of hydrogen-bond acceptors (Lipinski definition) is 3. The Bertz CT molecular complexity index is 297. The lowest BCUT2D eigenvalue weighted by Gasteiger charge is -2.06. The molecule has 1 aromatic heterocycles. The molecule has 13 heavy (non-hydrogen) atoms. The maximum atomic E-state index is 11.3. The van der Waals surface area contributed by atoms with Crippen molar-refractivity contribution in [1.82, 2.24) is 15.3 Å². The van der Waals surface area contributed by atoms with Crippen LogP contribution in [-0.2, 0) is 0 Å². The van der Waals surface area contributed by atoms with Crippen LogP contribution in [0.15, 0.2) is 12.4 Å². The minimum absolute atomic E-state index is 0.0879.